The Morgan fingerprint density at radius 1 is 0.551 bits per heavy atom. The van der Waals surface area contributed by atoms with E-state index in [2.05, 4.69) is 125 Å². The van der Waals surface area contributed by atoms with Crippen LogP contribution in [0.5, 0.6) is 0 Å². The van der Waals surface area contributed by atoms with Gasteiger partial charge in [0.05, 0.1) is 0 Å². The molecule has 254 valence electrons. The average molecular weight is 767 g/mol. The minimum Gasteiger partial charge on any atom is -1.00 e. The third-order valence-corrected chi connectivity index (χ3v) is 29.6. The van der Waals surface area contributed by atoms with E-state index in [9.17, 15) is 0 Å². The van der Waals surface area contributed by atoms with Crippen LogP contribution in [0.25, 0.3) is 34.4 Å². The molecule has 8 rings (SSSR count). The van der Waals surface area contributed by atoms with Gasteiger partial charge in [-0.1, -0.05) is 0 Å². The summed E-state index contributed by atoms with van der Waals surface area (Å²) >= 11 is -3.03. The van der Waals surface area contributed by atoms with Gasteiger partial charge < -0.3 is 24.8 Å². The number of fused-ring (bicyclic) bond motifs is 3. The molecule has 2 fully saturated rings. The summed E-state index contributed by atoms with van der Waals surface area (Å²) in [5, 5.41) is 0. The fourth-order valence-electron chi connectivity index (χ4n) is 10.5. The van der Waals surface area contributed by atoms with Crippen molar-refractivity contribution in [3.63, 3.8) is 0 Å². The standard InChI is InChI=1S/2C20H21.C6H10.2ClH.Zr/c2*1-3-4-6-16-13-18-7-5-8-19(20(18)14-16)17-11-9-15(2)10-12-17;1-2-4-6-5-3-1;;;/h2*5,7-14H,3-4,6H2,1-2H3;1-2H,3-6H2;2*1H;/q;;;;;+2/p-2. The fraction of sp³-hybridized carbons (Fsp3) is 0.391. The topological polar surface area (TPSA) is 0 Å². The smallest absolute Gasteiger partial charge is 1.00 e. The fourth-order valence-corrected chi connectivity index (χ4v) is 33.7. The van der Waals surface area contributed by atoms with Gasteiger partial charge in [0.25, 0.3) is 0 Å². The molecule has 1 saturated carbocycles. The van der Waals surface area contributed by atoms with Gasteiger partial charge in [0.2, 0.25) is 0 Å². The van der Waals surface area contributed by atoms with E-state index in [-0.39, 0.29) is 24.8 Å². The average Bonchev–Trinajstić information content (AvgIpc) is 3.37. The minimum absolute atomic E-state index is 0. The number of rotatable bonds is 10. The van der Waals surface area contributed by atoms with Gasteiger partial charge in [-0.25, -0.2) is 0 Å². The third kappa shape index (κ3) is 6.23. The van der Waals surface area contributed by atoms with Crippen molar-refractivity contribution in [3.05, 3.63) is 129 Å². The Labute approximate surface area is 313 Å². The van der Waals surface area contributed by atoms with Gasteiger partial charge in [0, 0.05) is 0 Å². The Morgan fingerprint density at radius 2 is 0.959 bits per heavy atom. The van der Waals surface area contributed by atoms with Gasteiger partial charge in [0.15, 0.2) is 0 Å². The Hall–Kier alpha value is -2.18. The maximum Gasteiger partial charge on any atom is -1.00 e. The van der Waals surface area contributed by atoms with Crippen molar-refractivity contribution in [1.82, 2.24) is 0 Å². The minimum atomic E-state index is -3.03. The quantitative estimate of drug-likeness (QED) is 0.154. The van der Waals surface area contributed by atoms with Crippen LogP contribution in [0.15, 0.2) is 96.1 Å². The van der Waals surface area contributed by atoms with Crippen molar-refractivity contribution in [1.29, 1.82) is 0 Å². The molecule has 49 heavy (non-hydrogen) atoms. The predicted octanol–water partition coefficient (Wildman–Crippen LogP) is 7.92. The maximum absolute atomic E-state index is 3.03. The van der Waals surface area contributed by atoms with E-state index in [0.717, 1.165) is 7.25 Å². The van der Waals surface area contributed by atoms with E-state index in [0.29, 0.717) is 7.25 Å². The Balaban J connectivity index is 0.00000208. The number of allylic oxidation sites excluding steroid dienone is 2. The number of halogens is 2. The second kappa shape index (κ2) is 15.2. The zero-order chi connectivity index (χ0) is 32.1. The van der Waals surface area contributed by atoms with Crippen molar-refractivity contribution in [3.8, 4) is 22.3 Å². The van der Waals surface area contributed by atoms with Crippen molar-refractivity contribution < 1.29 is 45.1 Å². The Morgan fingerprint density at radius 3 is 1.35 bits per heavy atom. The molecule has 4 unspecified atom stereocenters. The second-order valence-electron chi connectivity index (χ2n) is 15.4. The summed E-state index contributed by atoms with van der Waals surface area (Å²) in [6.07, 6.45) is 19.1. The van der Waals surface area contributed by atoms with Crippen LogP contribution >= 0.6 is 0 Å². The summed E-state index contributed by atoms with van der Waals surface area (Å²) in [6.45, 7) is 9.18. The van der Waals surface area contributed by atoms with Crippen LogP contribution in [0, 0.1) is 13.8 Å². The molecule has 0 N–H and O–H groups in total. The van der Waals surface area contributed by atoms with Gasteiger partial charge in [0.1, 0.15) is 0 Å². The molecule has 0 radical (unpaired) electrons. The Bertz CT molecular complexity index is 1710. The number of hydrogen-bond acceptors (Lipinski definition) is 0. The predicted molar refractivity (Wildman–Crippen MR) is 200 cm³/mol. The summed E-state index contributed by atoms with van der Waals surface area (Å²) in [6, 6.07) is 33.4. The first-order valence-electron chi connectivity index (χ1n) is 18.9. The summed E-state index contributed by atoms with van der Waals surface area (Å²) in [5.41, 5.74) is 18.6. The summed E-state index contributed by atoms with van der Waals surface area (Å²) < 4.78 is 3.47. The van der Waals surface area contributed by atoms with Crippen LogP contribution in [0.4, 0.5) is 0 Å². The van der Waals surface area contributed by atoms with Crippen LogP contribution in [-0.4, -0.2) is 0 Å². The molecule has 0 spiro atoms. The Kier molecular flexibility index (Phi) is 11.4. The van der Waals surface area contributed by atoms with E-state index in [1.54, 1.807) is 22.3 Å². The van der Waals surface area contributed by atoms with Gasteiger partial charge in [-0.05, 0) is 0 Å². The molecule has 1 aliphatic heterocycles. The van der Waals surface area contributed by atoms with Crippen molar-refractivity contribution in [2.75, 3.05) is 0 Å². The molecule has 4 atom stereocenters. The number of aryl methyl sites for hydroxylation is 2. The van der Waals surface area contributed by atoms with Crippen LogP contribution in [0.3, 0.4) is 0 Å². The molecular weight excluding hydrogens is 715 g/mol. The van der Waals surface area contributed by atoms with Gasteiger partial charge in [-0.2, -0.15) is 0 Å². The van der Waals surface area contributed by atoms with Crippen LogP contribution in [-0.2, 0) is 20.3 Å². The number of hydrogen-bond donors (Lipinski definition) is 0. The van der Waals surface area contributed by atoms with Crippen LogP contribution in [0.2, 0.25) is 7.25 Å². The van der Waals surface area contributed by atoms with E-state index < -0.39 is 20.3 Å². The maximum atomic E-state index is 2.74. The molecule has 0 aromatic heterocycles. The molecule has 0 nitrogen and oxygen atoms in total. The molecule has 0 bridgehead atoms. The molecule has 4 aromatic carbocycles. The first-order chi connectivity index (χ1) is 23.1. The molecule has 4 aromatic rings. The summed E-state index contributed by atoms with van der Waals surface area (Å²) in [5.74, 6) is 0. The van der Waals surface area contributed by atoms with Gasteiger partial charge in [-0.15, -0.1) is 0 Å². The van der Waals surface area contributed by atoms with Crippen molar-refractivity contribution in [2.45, 2.75) is 106 Å². The zero-order valence-electron chi connectivity index (χ0n) is 29.9. The van der Waals surface area contributed by atoms with E-state index >= 15 is 0 Å². The first kappa shape index (κ1) is 36.6. The van der Waals surface area contributed by atoms with Gasteiger partial charge in [-0.3, -0.25) is 0 Å². The zero-order valence-corrected chi connectivity index (χ0v) is 33.8. The van der Waals surface area contributed by atoms with Crippen LogP contribution < -0.4 is 24.8 Å². The monoisotopic (exact) mass is 764 g/mol. The van der Waals surface area contributed by atoms with E-state index in [1.165, 1.54) is 97.6 Å². The molecule has 1 saturated heterocycles. The molecule has 4 aliphatic rings. The first-order valence-corrected chi connectivity index (χ1v) is 24.5. The molecule has 0 amide bonds. The molecule has 3 aliphatic carbocycles. The van der Waals surface area contributed by atoms with Crippen molar-refractivity contribution in [2.24, 2.45) is 0 Å². The number of benzene rings is 4. The van der Waals surface area contributed by atoms with E-state index in [4.69, 9.17) is 0 Å². The summed E-state index contributed by atoms with van der Waals surface area (Å²) in [7, 11) is 0. The van der Waals surface area contributed by atoms with E-state index in [1.807, 2.05) is 11.1 Å². The van der Waals surface area contributed by atoms with Crippen LogP contribution in [0.1, 0.15) is 119 Å². The molecule has 1 heterocycles. The molecule has 3 heteroatoms. The normalized spacial score (nSPS) is 23.2. The summed E-state index contributed by atoms with van der Waals surface area (Å²) in [4.78, 5) is 0. The van der Waals surface area contributed by atoms with Crippen molar-refractivity contribution >= 4 is 12.2 Å². The number of unbranched alkanes of at least 4 members (excludes halogenated alkanes) is 2. The molecular formula is C46H52Cl2Zr. The van der Waals surface area contributed by atoms with Gasteiger partial charge >= 0.3 is 291 Å². The largest absolute Gasteiger partial charge is 1.00 e. The SMILES string of the molecule is CCCCC1=Cc2c(-c3ccc(C)cc3)cccc2[CH]1[Zr+2]1([CH]2C(CCCC)=Cc3c(-c4ccc(C)cc4)cccc32)[CH]2CCCC[CH]21.[Cl-].[Cl-]. The third-order valence-electron chi connectivity index (χ3n) is 12.6. The second-order valence-corrected chi connectivity index (χ2v) is 26.8.